The first-order chi connectivity index (χ1) is 10.0. The Labute approximate surface area is 121 Å². The zero-order valence-electron chi connectivity index (χ0n) is 11.3. The summed E-state index contributed by atoms with van der Waals surface area (Å²) in [6.07, 6.45) is -0.779. The van der Waals surface area contributed by atoms with Gasteiger partial charge in [-0.15, -0.1) is 0 Å². The number of halogens is 2. The minimum atomic E-state index is -0.779. The van der Waals surface area contributed by atoms with Crippen molar-refractivity contribution in [2.24, 2.45) is 0 Å². The number of hydrogen-bond acceptors (Lipinski definition) is 3. The predicted octanol–water partition coefficient (Wildman–Crippen LogP) is 3.47. The fourth-order valence-electron chi connectivity index (χ4n) is 1.80. The van der Waals surface area contributed by atoms with Gasteiger partial charge in [0, 0.05) is 5.56 Å². The Balaban J connectivity index is 2.15. The maximum absolute atomic E-state index is 13.8. The molecular formula is C16H13F2NO2. The fraction of sp³-hybridized carbons (Fsp3) is 0.188. The third kappa shape index (κ3) is 3.56. The zero-order valence-corrected chi connectivity index (χ0v) is 11.3. The van der Waals surface area contributed by atoms with Gasteiger partial charge in [0.1, 0.15) is 12.4 Å². The summed E-state index contributed by atoms with van der Waals surface area (Å²) in [7, 11) is 0. The van der Waals surface area contributed by atoms with E-state index >= 15 is 0 Å². The van der Waals surface area contributed by atoms with E-state index in [-0.39, 0.29) is 17.9 Å². The molecule has 2 aromatic rings. The number of ether oxygens (including phenoxy) is 1. The van der Waals surface area contributed by atoms with E-state index in [0.717, 1.165) is 0 Å². The van der Waals surface area contributed by atoms with Gasteiger partial charge >= 0.3 is 0 Å². The molecule has 0 aliphatic rings. The first kappa shape index (κ1) is 14.9. The number of benzene rings is 2. The summed E-state index contributed by atoms with van der Waals surface area (Å²) in [6, 6.07) is 9.87. The second kappa shape index (κ2) is 6.33. The average molecular weight is 289 g/mol. The molecule has 0 saturated carbocycles. The maximum Gasteiger partial charge on any atom is 0.165 e. The van der Waals surface area contributed by atoms with Crippen LogP contribution in [-0.4, -0.2) is 5.11 Å². The summed E-state index contributed by atoms with van der Waals surface area (Å²) in [6.45, 7) is 1.34. The van der Waals surface area contributed by atoms with Gasteiger partial charge in [0.05, 0.1) is 17.7 Å². The summed E-state index contributed by atoms with van der Waals surface area (Å²) in [5.74, 6) is -1.19. The minimum absolute atomic E-state index is 0.0406. The van der Waals surface area contributed by atoms with E-state index in [4.69, 9.17) is 10.00 Å². The van der Waals surface area contributed by atoms with Crippen LogP contribution in [0.3, 0.4) is 0 Å². The zero-order chi connectivity index (χ0) is 15.4. The van der Waals surface area contributed by atoms with Crippen molar-refractivity contribution in [2.45, 2.75) is 19.6 Å². The second-order valence-electron chi connectivity index (χ2n) is 4.57. The molecule has 0 aliphatic carbocycles. The molecule has 0 spiro atoms. The van der Waals surface area contributed by atoms with Gasteiger partial charge < -0.3 is 9.84 Å². The van der Waals surface area contributed by atoms with Crippen LogP contribution >= 0.6 is 0 Å². The Kier molecular flexibility index (Phi) is 4.51. The van der Waals surface area contributed by atoms with Gasteiger partial charge in [0.15, 0.2) is 11.6 Å². The molecule has 2 aromatic carbocycles. The van der Waals surface area contributed by atoms with Crippen molar-refractivity contribution in [1.82, 2.24) is 0 Å². The van der Waals surface area contributed by atoms with E-state index in [9.17, 15) is 13.9 Å². The summed E-state index contributed by atoms with van der Waals surface area (Å²) in [5.41, 5.74) is 0.908. The fourth-order valence-corrected chi connectivity index (χ4v) is 1.80. The predicted molar refractivity (Wildman–Crippen MR) is 72.5 cm³/mol. The van der Waals surface area contributed by atoms with Crippen LogP contribution in [0.2, 0.25) is 0 Å². The normalized spacial score (nSPS) is 11.8. The average Bonchev–Trinajstić information content (AvgIpc) is 2.47. The van der Waals surface area contributed by atoms with Gasteiger partial charge in [-0.1, -0.05) is 6.07 Å². The standard InChI is InChI=1S/C16H13F2NO2/c1-10(20)12-3-5-16(15(18)7-12)21-9-13-6-11(8-19)2-4-14(13)17/h2-7,10,20H,9H2,1H3/t10-/m0/s1. The SMILES string of the molecule is C[C@H](O)c1ccc(OCc2cc(C#N)ccc2F)c(F)c1. The largest absolute Gasteiger partial charge is 0.486 e. The van der Waals surface area contributed by atoms with Crippen LogP contribution in [0.1, 0.15) is 29.7 Å². The summed E-state index contributed by atoms with van der Waals surface area (Å²) < 4.78 is 32.6. The Morgan fingerprint density at radius 1 is 1.19 bits per heavy atom. The van der Waals surface area contributed by atoms with Crippen molar-refractivity contribution in [3.05, 3.63) is 64.7 Å². The van der Waals surface area contributed by atoms with Crippen molar-refractivity contribution in [2.75, 3.05) is 0 Å². The number of hydrogen-bond donors (Lipinski definition) is 1. The highest BCUT2D eigenvalue weighted by Gasteiger charge is 2.10. The Morgan fingerprint density at radius 3 is 2.57 bits per heavy atom. The van der Waals surface area contributed by atoms with Gasteiger partial charge in [-0.05, 0) is 42.8 Å². The maximum atomic E-state index is 13.8. The lowest BCUT2D eigenvalue weighted by atomic mass is 10.1. The summed E-state index contributed by atoms with van der Waals surface area (Å²) in [4.78, 5) is 0. The van der Waals surface area contributed by atoms with Crippen LogP contribution in [0.15, 0.2) is 36.4 Å². The highest BCUT2D eigenvalue weighted by Crippen LogP contribution is 2.23. The molecule has 108 valence electrons. The van der Waals surface area contributed by atoms with Crippen molar-refractivity contribution in [1.29, 1.82) is 5.26 Å². The first-order valence-corrected chi connectivity index (χ1v) is 6.30. The smallest absolute Gasteiger partial charge is 0.165 e. The molecule has 0 fully saturated rings. The molecule has 5 heteroatoms. The van der Waals surface area contributed by atoms with E-state index < -0.39 is 17.7 Å². The summed E-state index contributed by atoms with van der Waals surface area (Å²) in [5, 5.41) is 18.1. The van der Waals surface area contributed by atoms with Crippen molar-refractivity contribution in [3.63, 3.8) is 0 Å². The molecular weight excluding hydrogens is 276 g/mol. The molecule has 2 rings (SSSR count). The topological polar surface area (TPSA) is 53.2 Å². The number of rotatable bonds is 4. The molecule has 1 atom stereocenters. The first-order valence-electron chi connectivity index (χ1n) is 6.30. The van der Waals surface area contributed by atoms with Crippen LogP contribution in [0.4, 0.5) is 8.78 Å². The Bertz CT molecular complexity index is 693. The van der Waals surface area contributed by atoms with Crippen LogP contribution in [0, 0.1) is 23.0 Å². The lowest BCUT2D eigenvalue weighted by Crippen LogP contribution is -2.01. The molecule has 0 bridgehead atoms. The molecule has 0 radical (unpaired) electrons. The quantitative estimate of drug-likeness (QED) is 0.937. The van der Waals surface area contributed by atoms with Crippen molar-refractivity contribution >= 4 is 0 Å². The lowest BCUT2D eigenvalue weighted by molar-refractivity contribution is 0.198. The summed E-state index contributed by atoms with van der Waals surface area (Å²) >= 11 is 0. The molecule has 0 saturated heterocycles. The van der Waals surface area contributed by atoms with E-state index in [1.54, 1.807) is 0 Å². The monoisotopic (exact) mass is 289 g/mol. The number of nitrogens with zero attached hydrogens (tertiary/aromatic N) is 1. The van der Waals surface area contributed by atoms with Gasteiger partial charge in [-0.2, -0.15) is 5.26 Å². The van der Waals surface area contributed by atoms with E-state index in [1.807, 2.05) is 6.07 Å². The van der Waals surface area contributed by atoms with Crippen LogP contribution in [0.5, 0.6) is 5.75 Å². The van der Waals surface area contributed by atoms with Crippen LogP contribution < -0.4 is 4.74 Å². The molecule has 0 aromatic heterocycles. The third-order valence-electron chi connectivity index (χ3n) is 3.00. The van der Waals surface area contributed by atoms with Gasteiger partial charge in [-0.3, -0.25) is 0 Å². The number of aliphatic hydroxyl groups is 1. The lowest BCUT2D eigenvalue weighted by Gasteiger charge is -2.10. The van der Waals surface area contributed by atoms with Crippen molar-refractivity contribution in [3.8, 4) is 11.8 Å². The van der Waals surface area contributed by atoms with E-state index in [1.165, 1.54) is 43.3 Å². The van der Waals surface area contributed by atoms with Gasteiger partial charge in [0.25, 0.3) is 0 Å². The Morgan fingerprint density at radius 2 is 1.95 bits per heavy atom. The van der Waals surface area contributed by atoms with Crippen LogP contribution in [0.25, 0.3) is 0 Å². The van der Waals surface area contributed by atoms with Gasteiger partial charge in [-0.25, -0.2) is 8.78 Å². The van der Waals surface area contributed by atoms with Crippen molar-refractivity contribution < 1.29 is 18.6 Å². The molecule has 1 N–H and O–H groups in total. The highest BCUT2D eigenvalue weighted by molar-refractivity contribution is 5.34. The van der Waals surface area contributed by atoms with E-state index in [2.05, 4.69) is 0 Å². The molecule has 0 aliphatic heterocycles. The molecule has 0 amide bonds. The molecule has 0 heterocycles. The highest BCUT2D eigenvalue weighted by atomic mass is 19.1. The van der Waals surface area contributed by atoms with E-state index in [0.29, 0.717) is 11.1 Å². The number of nitriles is 1. The molecule has 21 heavy (non-hydrogen) atoms. The molecule has 3 nitrogen and oxygen atoms in total. The third-order valence-corrected chi connectivity index (χ3v) is 3.00. The second-order valence-corrected chi connectivity index (χ2v) is 4.57. The van der Waals surface area contributed by atoms with Gasteiger partial charge in [0.2, 0.25) is 0 Å². The Hall–Kier alpha value is -2.45. The number of aliphatic hydroxyl groups excluding tert-OH is 1. The minimum Gasteiger partial charge on any atom is -0.486 e. The van der Waals surface area contributed by atoms with Crippen LogP contribution in [-0.2, 0) is 6.61 Å². The molecule has 0 unspecified atom stereocenters.